The van der Waals surface area contributed by atoms with E-state index in [4.69, 9.17) is 11.5 Å². The monoisotopic (exact) mass is 272 g/mol. The molecule has 0 aliphatic heterocycles. The highest BCUT2D eigenvalue weighted by atomic mass is 16.1. The van der Waals surface area contributed by atoms with Gasteiger partial charge < -0.3 is 16.4 Å². The van der Waals surface area contributed by atoms with E-state index in [0.29, 0.717) is 11.6 Å². The summed E-state index contributed by atoms with van der Waals surface area (Å²) in [5.41, 5.74) is 13.6. The largest absolute Gasteiger partial charge is 0.397 e. The zero-order chi connectivity index (χ0) is 14.7. The first-order chi connectivity index (χ1) is 9.49. The van der Waals surface area contributed by atoms with Gasteiger partial charge in [-0.25, -0.2) is 0 Å². The zero-order valence-corrected chi connectivity index (χ0v) is 11.8. The average Bonchev–Trinajstić information content (AvgIpc) is 2.37. The molecule has 0 spiro atoms. The van der Waals surface area contributed by atoms with Gasteiger partial charge in [-0.2, -0.15) is 0 Å². The van der Waals surface area contributed by atoms with Gasteiger partial charge in [0.2, 0.25) is 5.91 Å². The number of aromatic nitrogens is 1. The summed E-state index contributed by atoms with van der Waals surface area (Å²) in [5, 5.41) is 0.939. The minimum absolute atomic E-state index is 0.187. The van der Waals surface area contributed by atoms with Crippen LogP contribution in [0.5, 0.6) is 0 Å². The molecule has 2 aromatic rings. The topological polar surface area (TPSA) is 85.2 Å². The second kappa shape index (κ2) is 5.77. The summed E-state index contributed by atoms with van der Waals surface area (Å²) in [6, 6.07) is 7.56. The standard InChI is InChI=1S/C15H20N4O/c1-10(2)8-19(9-14(17)20)13-6-5-12(16)15-11(13)4-3-7-18-15/h3-7,10H,8-9,16H2,1-2H3,(H2,17,20). The molecule has 0 aliphatic rings. The van der Waals surface area contributed by atoms with Crippen molar-refractivity contribution < 1.29 is 4.79 Å². The summed E-state index contributed by atoms with van der Waals surface area (Å²) in [6.07, 6.45) is 1.71. The molecule has 5 nitrogen and oxygen atoms in total. The Hall–Kier alpha value is -2.30. The number of anilines is 2. The number of rotatable bonds is 5. The number of nitrogens with two attached hydrogens (primary N) is 2. The predicted molar refractivity (Wildman–Crippen MR) is 82.4 cm³/mol. The maximum Gasteiger partial charge on any atom is 0.236 e. The van der Waals surface area contributed by atoms with Gasteiger partial charge in [-0.05, 0) is 30.2 Å². The molecule has 0 saturated heterocycles. The van der Waals surface area contributed by atoms with Gasteiger partial charge in [0.1, 0.15) is 0 Å². The molecule has 1 aromatic carbocycles. The molecular weight excluding hydrogens is 252 g/mol. The van der Waals surface area contributed by atoms with Crippen molar-refractivity contribution in [3.63, 3.8) is 0 Å². The smallest absolute Gasteiger partial charge is 0.236 e. The summed E-state index contributed by atoms with van der Waals surface area (Å²) >= 11 is 0. The fourth-order valence-electron chi connectivity index (χ4n) is 2.33. The molecular formula is C15H20N4O. The molecule has 1 heterocycles. The number of hydrogen-bond acceptors (Lipinski definition) is 4. The number of nitrogen functional groups attached to an aromatic ring is 1. The van der Waals surface area contributed by atoms with Gasteiger partial charge in [0, 0.05) is 23.8 Å². The van der Waals surface area contributed by atoms with Crippen LogP contribution in [0.2, 0.25) is 0 Å². The van der Waals surface area contributed by atoms with Crippen molar-refractivity contribution >= 4 is 28.2 Å². The summed E-state index contributed by atoms with van der Waals surface area (Å²) in [6.45, 7) is 5.14. The number of fused-ring (bicyclic) bond motifs is 1. The van der Waals surface area contributed by atoms with E-state index in [1.807, 2.05) is 29.2 Å². The number of amides is 1. The predicted octanol–water partition coefficient (Wildman–Crippen LogP) is 1.76. The van der Waals surface area contributed by atoms with Crippen LogP contribution in [0.3, 0.4) is 0 Å². The zero-order valence-electron chi connectivity index (χ0n) is 11.8. The summed E-state index contributed by atoms with van der Waals surface area (Å²) in [5.74, 6) is 0.0677. The van der Waals surface area contributed by atoms with E-state index >= 15 is 0 Å². The molecule has 0 saturated carbocycles. The molecule has 0 atom stereocenters. The van der Waals surface area contributed by atoms with Crippen LogP contribution < -0.4 is 16.4 Å². The number of nitrogens with zero attached hydrogens (tertiary/aromatic N) is 2. The lowest BCUT2D eigenvalue weighted by molar-refractivity contribution is -0.116. The van der Waals surface area contributed by atoms with Crippen LogP contribution in [0.1, 0.15) is 13.8 Å². The van der Waals surface area contributed by atoms with E-state index in [2.05, 4.69) is 18.8 Å². The van der Waals surface area contributed by atoms with E-state index in [1.165, 1.54) is 0 Å². The minimum Gasteiger partial charge on any atom is -0.397 e. The van der Waals surface area contributed by atoms with Gasteiger partial charge in [-0.3, -0.25) is 9.78 Å². The van der Waals surface area contributed by atoms with Gasteiger partial charge in [-0.1, -0.05) is 13.8 Å². The lowest BCUT2D eigenvalue weighted by atomic mass is 10.1. The Morgan fingerprint density at radius 1 is 1.35 bits per heavy atom. The van der Waals surface area contributed by atoms with Crippen LogP contribution in [-0.2, 0) is 4.79 Å². The molecule has 0 unspecified atom stereocenters. The van der Waals surface area contributed by atoms with Gasteiger partial charge in [0.05, 0.1) is 17.7 Å². The van der Waals surface area contributed by atoms with E-state index < -0.39 is 0 Å². The first kappa shape index (κ1) is 14.1. The van der Waals surface area contributed by atoms with Gasteiger partial charge in [-0.15, -0.1) is 0 Å². The molecule has 0 radical (unpaired) electrons. The lowest BCUT2D eigenvalue weighted by Gasteiger charge is -2.26. The first-order valence-corrected chi connectivity index (χ1v) is 6.65. The summed E-state index contributed by atoms with van der Waals surface area (Å²) < 4.78 is 0. The Morgan fingerprint density at radius 2 is 2.10 bits per heavy atom. The molecule has 5 heteroatoms. The molecule has 4 N–H and O–H groups in total. The molecule has 106 valence electrons. The normalized spacial score (nSPS) is 10.9. The Balaban J connectivity index is 2.52. The quantitative estimate of drug-likeness (QED) is 0.812. The summed E-state index contributed by atoms with van der Waals surface area (Å²) in [4.78, 5) is 17.6. The van der Waals surface area contributed by atoms with E-state index in [9.17, 15) is 4.79 Å². The molecule has 0 aliphatic carbocycles. The van der Waals surface area contributed by atoms with Crippen LogP contribution in [0.15, 0.2) is 30.5 Å². The van der Waals surface area contributed by atoms with Crippen molar-refractivity contribution in [1.82, 2.24) is 4.98 Å². The van der Waals surface area contributed by atoms with E-state index in [0.717, 1.165) is 23.1 Å². The van der Waals surface area contributed by atoms with Crippen molar-refractivity contribution in [3.05, 3.63) is 30.5 Å². The second-order valence-electron chi connectivity index (χ2n) is 5.31. The van der Waals surface area contributed by atoms with Gasteiger partial charge in [0.15, 0.2) is 0 Å². The second-order valence-corrected chi connectivity index (χ2v) is 5.31. The molecule has 0 fully saturated rings. The Morgan fingerprint density at radius 3 is 2.75 bits per heavy atom. The minimum atomic E-state index is -0.348. The van der Waals surface area contributed by atoms with Crippen molar-refractivity contribution in [2.75, 3.05) is 23.7 Å². The number of carbonyl (C=O) groups is 1. The Bertz CT molecular complexity index is 624. The third kappa shape index (κ3) is 2.99. The number of benzene rings is 1. The maximum absolute atomic E-state index is 11.3. The van der Waals surface area contributed by atoms with Crippen LogP contribution in [-0.4, -0.2) is 24.0 Å². The van der Waals surface area contributed by atoms with Crippen LogP contribution in [0, 0.1) is 5.92 Å². The van der Waals surface area contributed by atoms with Crippen molar-refractivity contribution in [2.24, 2.45) is 11.7 Å². The van der Waals surface area contributed by atoms with Gasteiger partial charge in [0.25, 0.3) is 0 Å². The highest BCUT2D eigenvalue weighted by Gasteiger charge is 2.15. The molecule has 20 heavy (non-hydrogen) atoms. The molecule has 2 rings (SSSR count). The highest BCUT2D eigenvalue weighted by Crippen LogP contribution is 2.29. The van der Waals surface area contributed by atoms with Gasteiger partial charge >= 0.3 is 0 Å². The SMILES string of the molecule is CC(C)CN(CC(N)=O)c1ccc(N)c2ncccc12. The first-order valence-electron chi connectivity index (χ1n) is 6.65. The van der Waals surface area contributed by atoms with Crippen molar-refractivity contribution in [1.29, 1.82) is 0 Å². The molecule has 1 amide bonds. The third-order valence-electron chi connectivity index (χ3n) is 3.05. The van der Waals surface area contributed by atoms with Crippen molar-refractivity contribution in [3.8, 4) is 0 Å². The van der Waals surface area contributed by atoms with E-state index in [-0.39, 0.29) is 12.5 Å². The Labute approximate surface area is 118 Å². The lowest BCUT2D eigenvalue weighted by Crippen LogP contribution is -2.36. The fourth-order valence-corrected chi connectivity index (χ4v) is 2.33. The van der Waals surface area contributed by atoms with Crippen molar-refractivity contribution in [2.45, 2.75) is 13.8 Å². The maximum atomic E-state index is 11.3. The number of primary amides is 1. The van der Waals surface area contributed by atoms with Crippen LogP contribution in [0.25, 0.3) is 10.9 Å². The molecule has 1 aromatic heterocycles. The summed E-state index contributed by atoms with van der Waals surface area (Å²) in [7, 11) is 0. The highest BCUT2D eigenvalue weighted by molar-refractivity contribution is 5.99. The molecule has 0 bridgehead atoms. The Kier molecular flexibility index (Phi) is 4.08. The number of pyridine rings is 1. The van der Waals surface area contributed by atoms with Crippen LogP contribution in [0.4, 0.5) is 11.4 Å². The van der Waals surface area contributed by atoms with E-state index in [1.54, 1.807) is 6.20 Å². The fraction of sp³-hybridized carbons (Fsp3) is 0.333. The number of hydrogen-bond donors (Lipinski definition) is 2. The average molecular weight is 272 g/mol. The van der Waals surface area contributed by atoms with Crippen LogP contribution >= 0.6 is 0 Å². The third-order valence-corrected chi connectivity index (χ3v) is 3.05. The number of carbonyl (C=O) groups excluding carboxylic acids is 1.